The van der Waals surface area contributed by atoms with E-state index in [0.717, 1.165) is 38.4 Å². The van der Waals surface area contributed by atoms with Crippen LogP contribution in [-0.4, -0.2) is 43.9 Å². The molecule has 0 aromatic carbocycles. The molecule has 5 heteroatoms. The molecule has 1 aliphatic heterocycles. The Kier molecular flexibility index (Phi) is 4.74. The lowest BCUT2D eigenvalue weighted by Gasteiger charge is -2.25. The second kappa shape index (κ2) is 6.52. The van der Waals surface area contributed by atoms with Gasteiger partial charge in [0.05, 0.1) is 18.8 Å². The standard InChI is InChI=1S/C14H20N2O3/c1-3-16(10-12-5-4-8-19-12)13-9-11(6-7-15-13)14(17)18-2/h6-7,9,12H,3-5,8,10H2,1-2H3. The normalized spacial score (nSPS) is 18.3. The molecule has 1 unspecified atom stereocenters. The molecular weight excluding hydrogens is 244 g/mol. The monoisotopic (exact) mass is 264 g/mol. The number of ether oxygens (including phenoxy) is 2. The van der Waals surface area contributed by atoms with Gasteiger partial charge in [-0.2, -0.15) is 0 Å². The number of likely N-dealkylation sites (N-methyl/N-ethyl adjacent to an activating group) is 1. The van der Waals surface area contributed by atoms with Gasteiger partial charge in [-0.1, -0.05) is 0 Å². The fourth-order valence-electron chi connectivity index (χ4n) is 2.25. The number of aromatic nitrogens is 1. The van der Waals surface area contributed by atoms with E-state index in [-0.39, 0.29) is 12.1 Å². The van der Waals surface area contributed by atoms with Gasteiger partial charge in [-0.3, -0.25) is 0 Å². The van der Waals surface area contributed by atoms with Gasteiger partial charge in [0.2, 0.25) is 0 Å². The summed E-state index contributed by atoms with van der Waals surface area (Å²) in [6.07, 6.45) is 4.12. The number of nitrogens with zero attached hydrogens (tertiary/aromatic N) is 2. The van der Waals surface area contributed by atoms with E-state index in [2.05, 4.69) is 16.8 Å². The molecule has 1 fully saturated rings. The molecule has 0 saturated carbocycles. The predicted octanol–water partition coefficient (Wildman–Crippen LogP) is 1.87. The summed E-state index contributed by atoms with van der Waals surface area (Å²) in [6, 6.07) is 3.43. The molecule has 1 aromatic rings. The van der Waals surface area contributed by atoms with Crippen LogP contribution in [0, 0.1) is 0 Å². The molecule has 0 amide bonds. The average molecular weight is 264 g/mol. The summed E-state index contributed by atoms with van der Waals surface area (Å²) in [7, 11) is 1.38. The molecule has 1 aromatic heterocycles. The topological polar surface area (TPSA) is 51.7 Å². The van der Waals surface area contributed by atoms with Crippen molar-refractivity contribution in [2.24, 2.45) is 0 Å². The minimum absolute atomic E-state index is 0.267. The molecule has 5 nitrogen and oxygen atoms in total. The van der Waals surface area contributed by atoms with Crippen LogP contribution >= 0.6 is 0 Å². The van der Waals surface area contributed by atoms with Gasteiger partial charge in [0.15, 0.2) is 0 Å². The highest BCUT2D eigenvalue weighted by Gasteiger charge is 2.20. The Morgan fingerprint density at radius 2 is 2.47 bits per heavy atom. The van der Waals surface area contributed by atoms with Crippen molar-refractivity contribution < 1.29 is 14.3 Å². The summed E-state index contributed by atoms with van der Waals surface area (Å²) >= 11 is 0. The number of pyridine rings is 1. The minimum atomic E-state index is -0.336. The molecule has 0 radical (unpaired) electrons. The Balaban J connectivity index is 2.10. The Morgan fingerprint density at radius 3 is 3.11 bits per heavy atom. The number of methoxy groups -OCH3 is 1. The molecule has 0 aliphatic carbocycles. The average Bonchev–Trinajstić information content (AvgIpc) is 2.97. The number of rotatable bonds is 5. The van der Waals surface area contributed by atoms with Crippen molar-refractivity contribution in [2.75, 3.05) is 31.7 Å². The van der Waals surface area contributed by atoms with Crippen LogP contribution in [0.5, 0.6) is 0 Å². The van der Waals surface area contributed by atoms with Crippen molar-refractivity contribution in [3.63, 3.8) is 0 Å². The summed E-state index contributed by atoms with van der Waals surface area (Å²) in [5.74, 6) is 0.456. The molecule has 1 saturated heterocycles. The zero-order valence-electron chi connectivity index (χ0n) is 11.5. The highest BCUT2D eigenvalue weighted by atomic mass is 16.5. The SMILES string of the molecule is CCN(CC1CCCO1)c1cc(C(=O)OC)ccn1. The molecular formula is C14H20N2O3. The van der Waals surface area contributed by atoms with Gasteiger partial charge in [-0.05, 0) is 31.9 Å². The summed E-state index contributed by atoms with van der Waals surface area (Å²) < 4.78 is 10.4. The number of hydrogen-bond donors (Lipinski definition) is 0. The van der Waals surface area contributed by atoms with E-state index >= 15 is 0 Å². The smallest absolute Gasteiger partial charge is 0.338 e. The van der Waals surface area contributed by atoms with Crippen LogP contribution in [0.1, 0.15) is 30.1 Å². The van der Waals surface area contributed by atoms with Crippen LogP contribution in [0.4, 0.5) is 5.82 Å². The van der Waals surface area contributed by atoms with Crippen molar-refractivity contribution >= 4 is 11.8 Å². The summed E-state index contributed by atoms with van der Waals surface area (Å²) in [4.78, 5) is 18.0. The molecule has 0 spiro atoms. The van der Waals surface area contributed by atoms with Gasteiger partial charge < -0.3 is 14.4 Å². The summed E-state index contributed by atoms with van der Waals surface area (Å²) in [5.41, 5.74) is 0.526. The minimum Gasteiger partial charge on any atom is -0.465 e. The Morgan fingerprint density at radius 1 is 1.63 bits per heavy atom. The van der Waals surface area contributed by atoms with E-state index < -0.39 is 0 Å². The maximum atomic E-state index is 11.5. The number of carbonyl (C=O) groups excluding carboxylic acids is 1. The lowest BCUT2D eigenvalue weighted by molar-refractivity contribution is 0.0600. The first-order valence-electron chi connectivity index (χ1n) is 6.65. The van der Waals surface area contributed by atoms with Crippen molar-refractivity contribution in [1.29, 1.82) is 0 Å². The first-order chi connectivity index (χ1) is 9.24. The van der Waals surface area contributed by atoms with Crippen molar-refractivity contribution in [1.82, 2.24) is 4.98 Å². The van der Waals surface area contributed by atoms with E-state index in [0.29, 0.717) is 5.56 Å². The lowest BCUT2D eigenvalue weighted by Crippen LogP contribution is -2.32. The van der Waals surface area contributed by atoms with Gasteiger partial charge in [0.1, 0.15) is 5.82 Å². The Labute approximate surface area is 113 Å². The zero-order chi connectivity index (χ0) is 13.7. The fourth-order valence-corrected chi connectivity index (χ4v) is 2.25. The highest BCUT2D eigenvalue weighted by molar-refractivity contribution is 5.90. The van der Waals surface area contributed by atoms with Crippen LogP contribution in [0.3, 0.4) is 0 Å². The first-order valence-corrected chi connectivity index (χ1v) is 6.65. The van der Waals surface area contributed by atoms with Crippen molar-refractivity contribution in [2.45, 2.75) is 25.9 Å². The molecule has 2 heterocycles. The first kappa shape index (κ1) is 13.8. The fraction of sp³-hybridized carbons (Fsp3) is 0.571. The third-order valence-electron chi connectivity index (χ3n) is 3.32. The second-order valence-corrected chi connectivity index (χ2v) is 4.57. The number of hydrogen-bond acceptors (Lipinski definition) is 5. The lowest BCUT2D eigenvalue weighted by atomic mass is 10.2. The number of esters is 1. The maximum Gasteiger partial charge on any atom is 0.338 e. The molecule has 1 aliphatic rings. The van der Waals surface area contributed by atoms with Gasteiger partial charge in [0.25, 0.3) is 0 Å². The van der Waals surface area contributed by atoms with Gasteiger partial charge in [-0.15, -0.1) is 0 Å². The van der Waals surface area contributed by atoms with Gasteiger partial charge in [-0.25, -0.2) is 9.78 Å². The van der Waals surface area contributed by atoms with E-state index in [1.54, 1.807) is 18.3 Å². The third kappa shape index (κ3) is 3.44. The molecule has 0 bridgehead atoms. The molecule has 1 atom stereocenters. The van der Waals surface area contributed by atoms with Gasteiger partial charge in [0, 0.05) is 25.9 Å². The second-order valence-electron chi connectivity index (χ2n) is 4.57. The van der Waals surface area contributed by atoms with Gasteiger partial charge >= 0.3 is 5.97 Å². The van der Waals surface area contributed by atoms with E-state index in [4.69, 9.17) is 9.47 Å². The molecule has 2 rings (SSSR count). The molecule has 19 heavy (non-hydrogen) atoms. The Bertz CT molecular complexity index is 430. The van der Waals surface area contributed by atoms with Crippen LogP contribution < -0.4 is 4.90 Å². The van der Waals surface area contributed by atoms with Crippen LogP contribution in [-0.2, 0) is 9.47 Å². The number of anilines is 1. The van der Waals surface area contributed by atoms with Crippen LogP contribution in [0.2, 0.25) is 0 Å². The largest absolute Gasteiger partial charge is 0.465 e. The van der Waals surface area contributed by atoms with E-state index in [9.17, 15) is 4.79 Å². The summed E-state index contributed by atoms with van der Waals surface area (Å²) in [5, 5.41) is 0. The predicted molar refractivity (Wildman–Crippen MR) is 72.4 cm³/mol. The Hall–Kier alpha value is -1.62. The third-order valence-corrected chi connectivity index (χ3v) is 3.32. The highest BCUT2D eigenvalue weighted by Crippen LogP contribution is 2.18. The summed E-state index contributed by atoms with van der Waals surface area (Å²) in [6.45, 7) is 4.56. The molecule has 104 valence electrons. The quantitative estimate of drug-likeness (QED) is 0.760. The van der Waals surface area contributed by atoms with Crippen molar-refractivity contribution in [3.05, 3.63) is 23.9 Å². The maximum absolute atomic E-state index is 11.5. The van der Waals surface area contributed by atoms with E-state index in [1.807, 2.05) is 0 Å². The zero-order valence-corrected chi connectivity index (χ0v) is 11.5. The van der Waals surface area contributed by atoms with Crippen molar-refractivity contribution in [3.8, 4) is 0 Å². The van der Waals surface area contributed by atoms with E-state index in [1.165, 1.54) is 7.11 Å². The molecule has 0 N–H and O–H groups in total. The number of carbonyl (C=O) groups is 1. The van der Waals surface area contributed by atoms with Crippen LogP contribution in [0.25, 0.3) is 0 Å². The van der Waals surface area contributed by atoms with Crippen LogP contribution in [0.15, 0.2) is 18.3 Å².